The molecule has 0 saturated heterocycles. The maximum Gasteiger partial charge on any atom is 0.0975 e. The van der Waals surface area contributed by atoms with Gasteiger partial charge >= 0.3 is 0 Å². The molecule has 2 aromatic rings. The molecule has 1 aliphatic rings. The predicted molar refractivity (Wildman–Crippen MR) is 89.9 cm³/mol. The van der Waals surface area contributed by atoms with Crippen LogP contribution in [0.25, 0.3) is 0 Å². The van der Waals surface area contributed by atoms with Crippen LogP contribution in [-0.4, -0.2) is 4.98 Å². The Morgan fingerprint density at radius 3 is 2.57 bits per heavy atom. The summed E-state index contributed by atoms with van der Waals surface area (Å²) in [7, 11) is 0. The van der Waals surface area contributed by atoms with Crippen molar-refractivity contribution in [2.75, 3.05) is 0 Å². The number of thiazole rings is 1. The van der Waals surface area contributed by atoms with Gasteiger partial charge in [0.1, 0.15) is 0 Å². The lowest BCUT2D eigenvalue weighted by molar-refractivity contribution is 0.282. The summed E-state index contributed by atoms with van der Waals surface area (Å²) in [6, 6.07) is 6.90. The second kappa shape index (κ2) is 5.22. The van der Waals surface area contributed by atoms with E-state index in [1.54, 1.807) is 0 Å². The number of nitrogens with zero attached hydrogens (tertiary/aromatic N) is 1. The standard InChI is InChI=1S/C18H24N2S/c1-11-5-12(2)7-13(6-11)8-16-20-15-10-18(3,4)9-14(19)17(15)21-16/h5-7,14H,8-10,19H2,1-4H3. The molecule has 0 amide bonds. The zero-order valence-electron chi connectivity index (χ0n) is 13.4. The summed E-state index contributed by atoms with van der Waals surface area (Å²) in [5.74, 6) is 0. The van der Waals surface area contributed by atoms with Gasteiger partial charge < -0.3 is 5.73 Å². The van der Waals surface area contributed by atoms with Gasteiger partial charge in [-0.05, 0) is 37.7 Å². The fourth-order valence-corrected chi connectivity index (χ4v) is 4.58. The highest BCUT2D eigenvalue weighted by Crippen LogP contribution is 2.42. The number of aryl methyl sites for hydroxylation is 2. The zero-order chi connectivity index (χ0) is 15.2. The molecule has 2 nitrogen and oxygen atoms in total. The van der Waals surface area contributed by atoms with E-state index in [4.69, 9.17) is 10.7 Å². The molecule has 0 aliphatic heterocycles. The van der Waals surface area contributed by atoms with Crippen LogP contribution < -0.4 is 5.73 Å². The van der Waals surface area contributed by atoms with Crippen LogP contribution in [0.3, 0.4) is 0 Å². The first kappa shape index (κ1) is 14.7. The Kier molecular flexibility index (Phi) is 3.66. The Hall–Kier alpha value is -1.19. The Morgan fingerprint density at radius 2 is 1.90 bits per heavy atom. The lowest BCUT2D eigenvalue weighted by Crippen LogP contribution is -2.28. The van der Waals surface area contributed by atoms with Gasteiger partial charge in [-0.1, -0.05) is 43.2 Å². The smallest absolute Gasteiger partial charge is 0.0975 e. The molecule has 0 fully saturated rings. The van der Waals surface area contributed by atoms with Gasteiger partial charge in [0, 0.05) is 17.3 Å². The topological polar surface area (TPSA) is 38.9 Å². The molecule has 1 aromatic carbocycles. The Morgan fingerprint density at radius 1 is 1.24 bits per heavy atom. The maximum absolute atomic E-state index is 6.35. The molecule has 1 aromatic heterocycles. The molecule has 21 heavy (non-hydrogen) atoms. The number of fused-ring (bicyclic) bond motifs is 1. The van der Waals surface area contributed by atoms with E-state index in [0.29, 0.717) is 0 Å². The summed E-state index contributed by atoms with van der Waals surface area (Å²) in [5.41, 5.74) is 11.9. The van der Waals surface area contributed by atoms with E-state index in [9.17, 15) is 0 Å². The number of nitrogens with two attached hydrogens (primary N) is 1. The second-order valence-corrected chi connectivity index (χ2v) is 8.36. The normalized spacial score (nSPS) is 20.3. The summed E-state index contributed by atoms with van der Waals surface area (Å²) >= 11 is 1.81. The van der Waals surface area contributed by atoms with Crippen LogP contribution in [0.4, 0.5) is 0 Å². The average molecular weight is 300 g/mol. The molecular formula is C18H24N2S. The molecule has 0 bridgehead atoms. The zero-order valence-corrected chi connectivity index (χ0v) is 14.2. The average Bonchev–Trinajstić information content (AvgIpc) is 2.68. The van der Waals surface area contributed by atoms with Gasteiger partial charge in [0.05, 0.1) is 10.7 Å². The second-order valence-electron chi connectivity index (χ2n) is 7.24. The fourth-order valence-electron chi connectivity index (χ4n) is 3.47. The summed E-state index contributed by atoms with van der Waals surface area (Å²) in [6.45, 7) is 8.89. The third-order valence-corrected chi connectivity index (χ3v) is 5.39. The van der Waals surface area contributed by atoms with E-state index >= 15 is 0 Å². The van der Waals surface area contributed by atoms with Crippen LogP contribution in [0.2, 0.25) is 0 Å². The lowest BCUT2D eigenvalue weighted by Gasteiger charge is -2.32. The third-order valence-electron chi connectivity index (χ3n) is 4.16. The van der Waals surface area contributed by atoms with Crippen LogP contribution in [0.15, 0.2) is 18.2 Å². The molecule has 2 N–H and O–H groups in total. The van der Waals surface area contributed by atoms with Gasteiger partial charge in [-0.15, -0.1) is 11.3 Å². The first-order chi connectivity index (χ1) is 9.82. The number of hydrogen-bond acceptors (Lipinski definition) is 3. The first-order valence-electron chi connectivity index (χ1n) is 7.64. The highest BCUT2D eigenvalue weighted by atomic mass is 32.1. The molecule has 0 radical (unpaired) electrons. The Bertz CT molecular complexity index is 650. The van der Waals surface area contributed by atoms with Gasteiger partial charge in [-0.2, -0.15) is 0 Å². The van der Waals surface area contributed by atoms with Crippen molar-refractivity contribution in [3.05, 3.63) is 50.5 Å². The number of aromatic nitrogens is 1. The largest absolute Gasteiger partial charge is 0.323 e. The summed E-state index contributed by atoms with van der Waals surface area (Å²) < 4.78 is 0. The number of hydrogen-bond donors (Lipinski definition) is 1. The highest BCUT2D eigenvalue weighted by molar-refractivity contribution is 7.11. The molecule has 3 heteroatoms. The molecular weight excluding hydrogens is 276 g/mol. The first-order valence-corrected chi connectivity index (χ1v) is 8.45. The van der Waals surface area contributed by atoms with E-state index in [2.05, 4.69) is 45.9 Å². The van der Waals surface area contributed by atoms with E-state index in [-0.39, 0.29) is 11.5 Å². The van der Waals surface area contributed by atoms with Crippen molar-refractivity contribution < 1.29 is 0 Å². The Balaban J connectivity index is 1.88. The van der Waals surface area contributed by atoms with Crippen molar-refractivity contribution in [3.63, 3.8) is 0 Å². The summed E-state index contributed by atoms with van der Waals surface area (Å²) in [4.78, 5) is 6.20. The van der Waals surface area contributed by atoms with Crippen molar-refractivity contribution in [1.29, 1.82) is 0 Å². The van der Waals surface area contributed by atoms with Gasteiger partial charge in [0.25, 0.3) is 0 Å². The minimum Gasteiger partial charge on any atom is -0.323 e. The van der Waals surface area contributed by atoms with E-state index in [0.717, 1.165) is 19.3 Å². The minimum atomic E-state index is 0.161. The molecule has 1 atom stereocenters. The Labute approximate surface area is 131 Å². The van der Waals surface area contributed by atoms with Gasteiger partial charge in [0.15, 0.2) is 0 Å². The van der Waals surface area contributed by atoms with Crippen LogP contribution >= 0.6 is 11.3 Å². The number of benzene rings is 1. The van der Waals surface area contributed by atoms with Crippen molar-refractivity contribution in [2.45, 2.75) is 53.0 Å². The van der Waals surface area contributed by atoms with Gasteiger partial charge in [0.2, 0.25) is 0 Å². The predicted octanol–water partition coefficient (Wildman–Crippen LogP) is 4.32. The fraction of sp³-hybridized carbons (Fsp3) is 0.500. The highest BCUT2D eigenvalue weighted by Gasteiger charge is 2.33. The molecule has 0 spiro atoms. The van der Waals surface area contributed by atoms with E-state index in [1.165, 1.54) is 32.3 Å². The lowest BCUT2D eigenvalue weighted by atomic mass is 9.77. The third kappa shape index (κ3) is 3.19. The summed E-state index contributed by atoms with van der Waals surface area (Å²) in [6.07, 6.45) is 3.04. The quantitative estimate of drug-likeness (QED) is 0.897. The van der Waals surface area contributed by atoms with Gasteiger partial charge in [-0.25, -0.2) is 4.98 Å². The van der Waals surface area contributed by atoms with Crippen molar-refractivity contribution in [2.24, 2.45) is 11.1 Å². The summed E-state index contributed by atoms with van der Waals surface area (Å²) in [5, 5.41) is 1.21. The van der Waals surface area contributed by atoms with Crippen LogP contribution in [0, 0.1) is 19.3 Å². The SMILES string of the molecule is Cc1cc(C)cc(Cc2nc3c(s2)C(N)CC(C)(C)C3)c1. The van der Waals surface area contributed by atoms with Crippen LogP contribution in [0.1, 0.15) is 58.6 Å². The number of rotatable bonds is 2. The van der Waals surface area contributed by atoms with E-state index in [1.807, 2.05) is 11.3 Å². The molecule has 1 aliphatic carbocycles. The molecule has 1 heterocycles. The molecule has 1 unspecified atom stereocenters. The molecule has 112 valence electrons. The minimum absolute atomic E-state index is 0.161. The maximum atomic E-state index is 6.35. The van der Waals surface area contributed by atoms with Crippen molar-refractivity contribution in [1.82, 2.24) is 4.98 Å². The van der Waals surface area contributed by atoms with Crippen molar-refractivity contribution >= 4 is 11.3 Å². The van der Waals surface area contributed by atoms with Crippen LogP contribution in [-0.2, 0) is 12.8 Å². The monoisotopic (exact) mass is 300 g/mol. The van der Waals surface area contributed by atoms with E-state index < -0.39 is 0 Å². The molecule has 3 rings (SSSR count). The molecule has 0 saturated carbocycles. The van der Waals surface area contributed by atoms with Crippen LogP contribution in [0.5, 0.6) is 0 Å². The van der Waals surface area contributed by atoms with Gasteiger partial charge in [-0.3, -0.25) is 0 Å². The van der Waals surface area contributed by atoms with Crippen molar-refractivity contribution in [3.8, 4) is 0 Å².